The fourth-order valence-electron chi connectivity index (χ4n) is 2.09. The molecular weight excluding hydrogens is 266 g/mol. The quantitative estimate of drug-likeness (QED) is 0.768. The zero-order chi connectivity index (χ0) is 15.8. The molecule has 0 saturated heterocycles. The molecule has 1 atom stereocenters. The molecular formula is C15H27N5O. The van der Waals surface area contributed by atoms with E-state index in [-0.39, 0.29) is 11.9 Å². The van der Waals surface area contributed by atoms with Crippen molar-refractivity contribution in [3.63, 3.8) is 0 Å². The molecule has 0 fully saturated rings. The number of likely N-dealkylation sites (N-methyl/N-ethyl adjacent to an activating group) is 1. The molecule has 1 unspecified atom stereocenters. The summed E-state index contributed by atoms with van der Waals surface area (Å²) in [5.41, 5.74) is 0. The summed E-state index contributed by atoms with van der Waals surface area (Å²) in [5.74, 6) is 2.32. The van der Waals surface area contributed by atoms with Crippen molar-refractivity contribution in [3.8, 4) is 0 Å². The van der Waals surface area contributed by atoms with Gasteiger partial charge in [0.2, 0.25) is 5.91 Å². The molecule has 0 aromatic carbocycles. The second-order valence-corrected chi connectivity index (χ2v) is 4.82. The number of nitrogens with one attached hydrogen (secondary N) is 2. The van der Waals surface area contributed by atoms with Crippen LogP contribution in [0, 0.1) is 0 Å². The molecule has 2 N–H and O–H groups in total. The molecule has 6 heteroatoms. The number of carbonyl (C=O) groups is 1. The summed E-state index contributed by atoms with van der Waals surface area (Å²) in [7, 11) is 0. The number of aryl methyl sites for hydroxylation is 1. The first-order valence-electron chi connectivity index (χ1n) is 7.72. The van der Waals surface area contributed by atoms with Crippen LogP contribution in [0.25, 0.3) is 0 Å². The van der Waals surface area contributed by atoms with Crippen LogP contribution in [0.3, 0.4) is 0 Å². The Morgan fingerprint density at radius 1 is 1.19 bits per heavy atom. The molecule has 0 aliphatic carbocycles. The van der Waals surface area contributed by atoms with Crippen LogP contribution in [-0.4, -0.2) is 46.5 Å². The molecule has 0 radical (unpaired) electrons. The van der Waals surface area contributed by atoms with Crippen LogP contribution < -0.4 is 10.6 Å². The predicted octanol–water partition coefficient (Wildman–Crippen LogP) is 2.14. The van der Waals surface area contributed by atoms with E-state index in [0.717, 1.165) is 24.6 Å². The Bertz CT molecular complexity index is 459. The Balaban J connectivity index is 2.85. The summed E-state index contributed by atoms with van der Waals surface area (Å²) in [6.45, 7) is 12.1. The molecule has 1 heterocycles. The zero-order valence-corrected chi connectivity index (χ0v) is 13.7. The second-order valence-electron chi connectivity index (χ2n) is 4.82. The summed E-state index contributed by atoms with van der Waals surface area (Å²) in [6, 6.07) is 1.54. The van der Waals surface area contributed by atoms with Crippen molar-refractivity contribution >= 4 is 17.5 Å². The maximum Gasteiger partial charge on any atom is 0.244 e. The lowest BCUT2D eigenvalue weighted by molar-refractivity contribution is -0.131. The van der Waals surface area contributed by atoms with Crippen LogP contribution in [0.1, 0.15) is 40.4 Å². The summed E-state index contributed by atoms with van der Waals surface area (Å²) < 4.78 is 0. The third kappa shape index (κ3) is 4.88. The van der Waals surface area contributed by atoms with E-state index in [1.807, 2.05) is 45.6 Å². The monoisotopic (exact) mass is 293 g/mol. The number of aromatic nitrogens is 2. The largest absolute Gasteiger partial charge is 0.370 e. The lowest BCUT2D eigenvalue weighted by Crippen LogP contribution is -2.41. The second kappa shape index (κ2) is 8.44. The lowest BCUT2D eigenvalue weighted by Gasteiger charge is -2.24. The van der Waals surface area contributed by atoms with Crippen molar-refractivity contribution in [1.29, 1.82) is 0 Å². The van der Waals surface area contributed by atoms with Gasteiger partial charge in [-0.3, -0.25) is 4.79 Å². The van der Waals surface area contributed by atoms with E-state index >= 15 is 0 Å². The van der Waals surface area contributed by atoms with E-state index in [4.69, 9.17) is 0 Å². The molecule has 0 aliphatic heterocycles. The molecule has 1 aromatic rings. The summed E-state index contributed by atoms with van der Waals surface area (Å²) in [5, 5.41) is 6.37. The average molecular weight is 293 g/mol. The number of nitrogens with zero attached hydrogens (tertiary/aromatic N) is 3. The van der Waals surface area contributed by atoms with Crippen LogP contribution in [0.4, 0.5) is 11.6 Å². The molecule has 0 spiro atoms. The maximum absolute atomic E-state index is 12.3. The van der Waals surface area contributed by atoms with Gasteiger partial charge in [-0.1, -0.05) is 6.92 Å². The number of hydrogen-bond acceptors (Lipinski definition) is 5. The average Bonchev–Trinajstić information content (AvgIpc) is 2.48. The van der Waals surface area contributed by atoms with E-state index in [2.05, 4.69) is 20.6 Å². The minimum atomic E-state index is -0.306. The van der Waals surface area contributed by atoms with Gasteiger partial charge in [-0.15, -0.1) is 0 Å². The van der Waals surface area contributed by atoms with Gasteiger partial charge in [-0.2, -0.15) is 0 Å². The topological polar surface area (TPSA) is 70.2 Å². The Hall–Kier alpha value is -1.85. The smallest absolute Gasteiger partial charge is 0.244 e. The number of anilines is 2. The molecule has 0 aliphatic rings. The third-order valence-corrected chi connectivity index (χ3v) is 3.26. The van der Waals surface area contributed by atoms with Crippen LogP contribution >= 0.6 is 0 Å². The molecule has 0 saturated carbocycles. The van der Waals surface area contributed by atoms with Gasteiger partial charge in [0.1, 0.15) is 23.5 Å². The van der Waals surface area contributed by atoms with Crippen LogP contribution in [0.5, 0.6) is 0 Å². The fraction of sp³-hybridized carbons (Fsp3) is 0.667. The molecule has 6 nitrogen and oxygen atoms in total. The predicted molar refractivity (Wildman–Crippen MR) is 86.6 cm³/mol. The fourth-order valence-corrected chi connectivity index (χ4v) is 2.09. The van der Waals surface area contributed by atoms with E-state index in [1.165, 1.54) is 0 Å². The van der Waals surface area contributed by atoms with Crippen LogP contribution in [0.2, 0.25) is 0 Å². The van der Waals surface area contributed by atoms with E-state index < -0.39 is 0 Å². The van der Waals surface area contributed by atoms with E-state index in [1.54, 1.807) is 0 Å². The maximum atomic E-state index is 12.3. The van der Waals surface area contributed by atoms with Gasteiger partial charge in [0.15, 0.2) is 0 Å². The van der Waals surface area contributed by atoms with Gasteiger partial charge in [0.05, 0.1) is 0 Å². The third-order valence-electron chi connectivity index (χ3n) is 3.26. The van der Waals surface area contributed by atoms with Crippen molar-refractivity contribution in [1.82, 2.24) is 14.9 Å². The highest BCUT2D eigenvalue weighted by Crippen LogP contribution is 2.13. The van der Waals surface area contributed by atoms with Crippen molar-refractivity contribution in [2.24, 2.45) is 0 Å². The summed E-state index contributed by atoms with van der Waals surface area (Å²) in [4.78, 5) is 22.9. The minimum Gasteiger partial charge on any atom is -0.370 e. The Morgan fingerprint density at radius 3 is 2.33 bits per heavy atom. The molecule has 1 aromatic heterocycles. The van der Waals surface area contributed by atoms with Crippen molar-refractivity contribution in [3.05, 3.63) is 11.9 Å². The first-order valence-corrected chi connectivity index (χ1v) is 7.72. The number of hydrogen-bond donors (Lipinski definition) is 2. The number of carbonyl (C=O) groups excluding carboxylic acids is 1. The SMILES string of the molecule is CCNc1cc(NC(C)C(=O)N(CC)CC)nc(CC)n1. The normalized spacial score (nSPS) is 11.9. The lowest BCUT2D eigenvalue weighted by atomic mass is 10.2. The highest BCUT2D eigenvalue weighted by Gasteiger charge is 2.18. The highest BCUT2D eigenvalue weighted by atomic mass is 16.2. The standard InChI is InChI=1S/C15H27N5O/c1-6-12-18-13(16-7-2)10-14(19-12)17-11(5)15(21)20(8-3)9-4/h10-11H,6-9H2,1-5H3,(H2,16,17,18,19). The molecule has 1 amide bonds. The minimum absolute atomic E-state index is 0.0849. The molecule has 118 valence electrons. The number of amides is 1. The Labute approximate surface area is 127 Å². The molecule has 21 heavy (non-hydrogen) atoms. The molecule has 1 rings (SSSR count). The van der Waals surface area contributed by atoms with Gasteiger partial charge in [-0.05, 0) is 27.7 Å². The number of rotatable bonds is 8. The van der Waals surface area contributed by atoms with Gasteiger partial charge in [-0.25, -0.2) is 9.97 Å². The summed E-state index contributed by atoms with van der Waals surface area (Å²) in [6.07, 6.45) is 0.756. The van der Waals surface area contributed by atoms with Crippen molar-refractivity contribution < 1.29 is 4.79 Å². The van der Waals surface area contributed by atoms with Crippen LogP contribution in [-0.2, 0) is 11.2 Å². The first-order chi connectivity index (χ1) is 10.0. The van der Waals surface area contributed by atoms with E-state index in [0.29, 0.717) is 18.9 Å². The van der Waals surface area contributed by atoms with Crippen molar-refractivity contribution in [2.75, 3.05) is 30.3 Å². The van der Waals surface area contributed by atoms with Gasteiger partial charge < -0.3 is 15.5 Å². The van der Waals surface area contributed by atoms with Gasteiger partial charge in [0.25, 0.3) is 0 Å². The van der Waals surface area contributed by atoms with Crippen LogP contribution in [0.15, 0.2) is 6.07 Å². The van der Waals surface area contributed by atoms with Crippen molar-refractivity contribution in [2.45, 2.75) is 47.1 Å². The Kier molecular flexibility index (Phi) is 6.91. The molecule has 0 bridgehead atoms. The first kappa shape index (κ1) is 17.2. The van der Waals surface area contributed by atoms with Gasteiger partial charge >= 0.3 is 0 Å². The Morgan fingerprint density at radius 2 is 1.81 bits per heavy atom. The highest BCUT2D eigenvalue weighted by molar-refractivity contribution is 5.84. The van der Waals surface area contributed by atoms with Gasteiger partial charge in [0, 0.05) is 32.1 Å². The zero-order valence-electron chi connectivity index (χ0n) is 13.7. The van der Waals surface area contributed by atoms with E-state index in [9.17, 15) is 4.79 Å². The summed E-state index contributed by atoms with van der Waals surface area (Å²) >= 11 is 0.